The summed E-state index contributed by atoms with van der Waals surface area (Å²) in [6, 6.07) is 3.56. The molecule has 6 fully saturated rings. The molecule has 6 rings (SSSR count). The number of rotatable bonds is 15. The maximum Gasteiger partial charge on any atom is 0.315 e. The van der Waals surface area contributed by atoms with Crippen LogP contribution in [0.4, 0.5) is 0 Å². The quantitative estimate of drug-likeness (QED) is 0.133. The van der Waals surface area contributed by atoms with Gasteiger partial charge in [-0.2, -0.15) is 0 Å². The molecule has 0 N–H and O–H groups in total. The van der Waals surface area contributed by atoms with Crippen molar-refractivity contribution in [1.29, 1.82) is 0 Å². The Kier molecular flexibility index (Phi) is 9.32. The molecule has 10 atom stereocenters. The third kappa shape index (κ3) is 9.10. The van der Waals surface area contributed by atoms with Crippen LogP contribution in [-0.4, -0.2) is 70.4 Å². The van der Waals surface area contributed by atoms with Crippen molar-refractivity contribution in [3.05, 3.63) is 0 Å². The second kappa shape index (κ2) is 12.1. The van der Waals surface area contributed by atoms with E-state index in [0.29, 0.717) is 36.6 Å². The Balaban J connectivity index is 1.05. The van der Waals surface area contributed by atoms with E-state index in [1.807, 2.05) is 0 Å². The van der Waals surface area contributed by atoms with Gasteiger partial charge < -0.3 is 26.6 Å². The van der Waals surface area contributed by atoms with Gasteiger partial charge in [0, 0.05) is 0 Å². The maximum absolute atomic E-state index is 7.35. The Morgan fingerprint density at radius 3 is 1.27 bits per heavy atom. The van der Waals surface area contributed by atoms with Crippen molar-refractivity contribution in [3.63, 3.8) is 0 Å². The van der Waals surface area contributed by atoms with Crippen LogP contribution < -0.4 is 0 Å². The molecule has 0 aromatic heterocycles. The van der Waals surface area contributed by atoms with Crippen molar-refractivity contribution in [2.75, 3.05) is 0 Å². The van der Waals surface area contributed by atoms with Crippen molar-refractivity contribution in [2.24, 2.45) is 17.8 Å². The summed E-state index contributed by atoms with van der Waals surface area (Å²) >= 11 is 0. The summed E-state index contributed by atoms with van der Waals surface area (Å²) in [5.74, 6) is 2.40. The van der Waals surface area contributed by atoms with E-state index in [0.717, 1.165) is 23.8 Å². The van der Waals surface area contributed by atoms with Gasteiger partial charge in [0.25, 0.3) is 0 Å². The first kappa shape index (κ1) is 31.6. The van der Waals surface area contributed by atoms with Gasteiger partial charge in [-0.1, -0.05) is 12.8 Å². The number of hydrogen-bond donors (Lipinski definition) is 0. The zero-order chi connectivity index (χ0) is 29.0. The van der Waals surface area contributed by atoms with Crippen LogP contribution in [0.1, 0.15) is 77.0 Å². The van der Waals surface area contributed by atoms with Crippen LogP contribution in [0.5, 0.6) is 0 Å². The monoisotopic (exact) mass is 640 g/mol. The molecule has 6 aliphatic rings. The molecule has 0 amide bonds. The van der Waals surface area contributed by atoms with E-state index >= 15 is 0 Å². The van der Waals surface area contributed by atoms with Crippen molar-refractivity contribution >= 4 is 33.8 Å². The molecule has 3 saturated heterocycles. The maximum atomic E-state index is 7.35. The van der Waals surface area contributed by atoms with Crippen molar-refractivity contribution in [1.82, 2.24) is 0 Å². The van der Waals surface area contributed by atoms with Gasteiger partial charge in [-0.15, -0.1) is 0 Å². The smallest absolute Gasteiger partial charge is 0.315 e. The predicted octanol–water partition coefficient (Wildman–Crippen LogP) is 8.09. The van der Waals surface area contributed by atoms with Gasteiger partial charge in [0.2, 0.25) is 0 Å². The molecule has 0 aromatic carbocycles. The van der Waals surface area contributed by atoms with E-state index in [2.05, 4.69) is 45.8 Å². The first-order valence-corrected chi connectivity index (χ1v) is 28.9. The summed E-state index contributed by atoms with van der Waals surface area (Å²) in [6.45, 7) is 16.8. The van der Waals surface area contributed by atoms with Crippen molar-refractivity contribution in [2.45, 2.75) is 178 Å². The van der Waals surface area contributed by atoms with Crippen LogP contribution in [-0.2, 0) is 26.6 Å². The standard InChI is InChI=1S/C31H60O6Si4/c1-38(2,17-14-23-8-11-26-29(20-23)32-26)35-40(5,6)37-41(7,19-16-25-10-13-28-31(22-25)34-28)36-39(3,4)18-15-24-9-12-27-30(21-24)33-27/h23-31H,8-22H2,1-7H3. The lowest BCUT2D eigenvalue weighted by Crippen LogP contribution is -2.57. The van der Waals surface area contributed by atoms with Gasteiger partial charge in [0.05, 0.1) is 36.6 Å². The number of fused-ring (bicyclic) bond motifs is 3. The van der Waals surface area contributed by atoms with Gasteiger partial charge >= 0.3 is 17.1 Å². The molecule has 41 heavy (non-hydrogen) atoms. The van der Waals surface area contributed by atoms with Gasteiger partial charge in [-0.3, -0.25) is 0 Å². The lowest BCUT2D eigenvalue weighted by Gasteiger charge is -2.43. The van der Waals surface area contributed by atoms with Gasteiger partial charge in [0.1, 0.15) is 0 Å². The predicted molar refractivity (Wildman–Crippen MR) is 174 cm³/mol. The highest BCUT2D eigenvalue weighted by molar-refractivity contribution is 6.89. The minimum Gasteiger partial charge on any atom is -0.436 e. The SMILES string of the molecule is C[Si](C)(CCC1CCC2OC2C1)O[Si](C)(C)O[Si](C)(CCC1CCC2OC2C1)O[Si](C)(C)CCC1CCC2OC2C1. The highest BCUT2D eigenvalue weighted by Gasteiger charge is 2.49. The van der Waals surface area contributed by atoms with Crippen LogP contribution in [0, 0.1) is 17.8 Å². The molecule has 0 aromatic rings. The van der Waals surface area contributed by atoms with Crippen LogP contribution in [0.25, 0.3) is 0 Å². The zero-order valence-corrected chi connectivity index (χ0v) is 31.3. The molecule has 3 aliphatic carbocycles. The largest absolute Gasteiger partial charge is 0.436 e. The normalized spacial score (nSPS) is 39.7. The highest BCUT2D eigenvalue weighted by atomic mass is 28.5. The Bertz CT molecular complexity index is 919. The fraction of sp³-hybridized carbons (Fsp3) is 1.00. The minimum atomic E-state index is -2.42. The zero-order valence-electron chi connectivity index (χ0n) is 27.3. The summed E-state index contributed by atoms with van der Waals surface area (Å²) in [4.78, 5) is 0. The van der Waals surface area contributed by atoms with E-state index in [9.17, 15) is 0 Å². The second-order valence-electron chi connectivity index (χ2n) is 16.7. The van der Waals surface area contributed by atoms with Gasteiger partial charge in [0.15, 0.2) is 16.6 Å². The topological polar surface area (TPSA) is 65.3 Å². The van der Waals surface area contributed by atoms with Gasteiger partial charge in [-0.05, 0) is 146 Å². The number of epoxide rings is 3. The molecule has 3 heterocycles. The van der Waals surface area contributed by atoms with E-state index in [1.54, 1.807) is 0 Å². The van der Waals surface area contributed by atoms with E-state index in [4.69, 9.17) is 26.6 Å². The average molecular weight is 641 g/mol. The van der Waals surface area contributed by atoms with Crippen LogP contribution in [0.2, 0.25) is 64.0 Å². The summed E-state index contributed by atoms with van der Waals surface area (Å²) in [5.41, 5.74) is 0. The molecule has 0 spiro atoms. The van der Waals surface area contributed by atoms with E-state index in [1.165, 1.54) is 89.1 Å². The minimum absolute atomic E-state index is 0.544. The molecule has 0 bridgehead atoms. The molecule has 3 aliphatic heterocycles. The second-order valence-corrected chi connectivity index (χ2v) is 32.7. The third-order valence-corrected chi connectivity index (χ3v) is 27.1. The van der Waals surface area contributed by atoms with E-state index < -0.39 is 33.8 Å². The molecule has 10 unspecified atom stereocenters. The molecule has 0 radical (unpaired) electrons. The lowest BCUT2D eigenvalue weighted by atomic mass is 9.88. The summed E-state index contributed by atoms with van der Waals surface area (Å²) in [7, 11) is -8.51. The molecule has 3 saturated carbocycles. The Morgan fingerprint density at radius 1 is 0.463 bits per heavy atom. The Labute approximate surface area is 255 Å². The van der Waals surface area contributed by atoms with Crippen LogP contribution >= 0.6 is 0 Å². The third-order valence-electron chi connectivity index (χ3n) is 11.1. The molecular weight excluding hydrogens is 581 g/mol. The summed E-state index contributed by atoms with van der Waals surface area (Å²) in [6.07, 6.45) is 18.8. The van der Waals surface area contributed by atoms with Gasteiger partial charge in [-0.25, -0.2) is 0 Å². The number of hydrogen-bond acceptors (Lipinski definition) is 6. The molecular formula is C31H60O6Si4. The Hall–Kier alpha value is 0.628. The molecule has 6 nitrogen and oxygen atoms in total. The number of ether oxygens (including phenoxy) is 3. The van der Waals surface area contributed by atoms with Crippen molar-refractivity contribution < 1.29 is 26.6 Å². The summed E-state index contributed by atoms with van der Waals surface area (Å²) < 4.78 is 39.2. The molecule has 10 heteroatoms. The highest BCUT2D eigenvalue weighted by Crippen LogP contribution is 2.45. The first-order valence-electron chi connectivity index (χ1n) is 17.3. The van der Waals surface area contributed by atoms with E-state index in [-0.39, 0.29) is 0 Å². The fourth-order valence-electron chi connectivity index (χ4n) is 8.83. The summed E-state index contributed by atoms with van der Waals surface area (Å²) in [5, 5.41) is 0. The van der Waals surface area contributed by atoms with Crippen molar-refractivity contribution in [3.8, 4) is 0 Å². The average Bonchev–Trinajstić information content (AvgIpc) is 3.76. The lowest BCUT2D eigenvalue weighted by molar-refractivity contribution is 0.302. The molecule has 236 valence electrons. The van der Waals surface area contributed by atoms with Crippen LogP contribution in [0.3, 0.4) is 0 Å². The first-order chi connectivity index (χ1) is 19.3. The fourth-order valence-corrected chi connectivity index (χ4v) is 28.8. The Morgan fingerprint density at radius 2 is 0.854 bits per heavy atom. The van der Waals surface area contributed by atoms with Crippen LogP contribution in [0.15, 0.2) is 0 Å².